The maximum atomic E-state index is 3.98. The first-order valence-corrected chi connectivity index (χ1v) is 7.31. The first-order chi connectivity index (χ1) is 11.4. The third-order valence-electron chi connectivity index (χ3n) is 3.21. The summed E-state index contributed by atoms with van der Waals surface area (Å²) in [6.07, 6.45) is 7.57. The summed E-state index contributed by atoms with van der Waals surface area (Å²) in [6, 6.07) is 22.5. The van der Waals surface area contributed by atoms with Gasteiger partial charge >= 0.3 is 0 Å². The Morgan fingerprint density at radius 1 is 0.739 bits per heavy atom. The maximum Gasteiger partial charge on any atom is 0.108 e. The topological polar surface area (TPSA) is 54.5 Å². The van der Waals surface area contributed by atoms with Crippen molar-refractivity contribution in [2.75, 3.05) is 0 Å². The number of rotatable bonds is 2. The van der Waals surface area contributed by atoms with Gasteiger partial charge in [-0.2, -0.15) is 0 Å². The molecule has 0 atom stereocenters. The minimum atomic E-state index is 0.852. The van der Waals surface area contributed by atoms with Crippen LogP contribution in [0.5, 0.6) is 0 Å². The van der Waals surface area contributed by atoms with Crippen molar-refractivity contribution in [3.05, 3.63) is 90.3 Å². The molecule has 0 amide bonds. The van der Waals surface area contributed by atoms with Gasteiger partial charge in [-0.25, -0.2) is 0 Å². The van der Waals surface area contributed by atoms with Crippen LogP contribution in [-0.2, 0) is 0 Å². The van der Waals surface area contributed by atoms with Crippen molar-refractivity contribution in [2.45, 2.75) is 0 Å². The van der Waals surface area contributed by atoms with Crippen molar-refractivity contribution in [2.24, 2.45) is 0 Å². The van der Waals surface area contributed by atoms with Crippen LogP contribution in [0.15, 0.2) is 79.1 Å². The molecule has 0 fully saturated rings. The average molecular weight is 300 g/mol. The van der Waals surface area contributed by atoms with E-state index < -0.39 is 0 Å². The molecular weight excluding hydrogens is 284 g/mol. The molecule has 4 rings (SSSR count). The van der Waals surface area contributed by atoms with Crippen molar-refractivity contribution in [3.63, 3.8) is 0 Å². The molecule has 4 nitrogen and oxygen atoms in total. The SMILES string of the molecule is C(=Cc1ccccc1)c1ccccc1.c1cc2[nH]nncc-2n1. The van der Waals surface area contributed by atoms with Gasteiger partial charge in [0.15, 0.2) is 0 Å². The first-order valence-electron chi connectivity index (χ1n) is 7.31. The van der Waals surface area contributed by atoms with Gasteiger partial charge in [-0.05, 0) is 17.2 Å². The van der Waals surface area contributed by atoms with Gasteiger partial charge in [0, 0.05) is 6.20 Å². The van der Waals surface area contributed by atoms with E-state index in [1.165, 1.54) is 11.1 Å². The fourth-order valence-electron chi connectivity index (χ4n) is 2.03. The Hall–Kier alpha value is -3.27. The molecule has 112 valence electrons. The van der Waals surface area contributed by atoms with E-state index in [9.17, 15) is 0 Å². The van der Waals surface area contributed by atoms with Gasteiger partial charge in [0.25, 0.3) is 0 Å². The van der Waals surface area contributed by atoms with E-state index in [4.69, 9.17) is 0 Å². The summed E-state index contributed by atoms with van der Waals surface area (Å²) in [6.45, 7) is 0. The molecule has 0 saturated carbocycles. The van der Waals surface area contributed by atoms with Crippen molar-refractivity contribution in [1.82, 2.24) is 20.4 Å². The molecule has 0 aliphatic carbocycles. The molecular formula is C19H16N4. The van der Waals surface area contributed by atoms with Gasteiger partial charge in [0.1, 0.15) is 5.69 Å². The summed E-state index contributed by atoms with van der Waals surface area (Å²) < 4.78 is 0. The van der Waals surface area contributed by atoms with E-state index in [0.29, 0.717) is 0 Å². The number of aromatic nitrogens is 4. The highest BCUT2D eigenvalue weighted by Gasteiger charge is 2.00. The van der Waals surface area contributed by atoms with Gasteiger partial charge in [-0.1, -0.05) is 78.0 Å². The molecule has 2 heterocycles. The second-order valence-corrected chi connectivity index (χ2v) is 4.85. The van der Waals surface area contributed by atoms with E-state index >= 15 is 0 Å². The largest absolute Gasteiger partial charge is 0.258 e. The Labute approximate surface area is 134 Å². The summed E-state index contributed by atoms with van der Waals surface area (Å²) in [5.74, 6) is 0. The van der Waals surface area contributed by atoms with Crippen molar-refractivity contribution in [1.29, 1.82) is 0 Å². The van der Waals surface area contributed by atoms with Gasteiger partial charge in [-0.3, -0.25) is 10.1 Å². The lowest BCUT2D eigenvalue weighted by Crippen LogP contribution is -1.88. The van der Waals surface area contributed by atoms with E-state index in [2.05, 4.69) is 56.8 Å². The number of aromatic amines is 1. The highest BCUT2D eigenvalue weighted by molar-refractivity contribution is 5.69. The van der Waals surface area contributed by atoms with E-state index in [-0.39, 0.29) is 0 Å². The van der Waals surface area contributed by atoms with Crippen LogP contribution in [-0.4, -0.2) is 20.4 Å². The Bertz CT molecular complexity index is 754. The highest BCUT2D eigenvalue weighted by atomic mass is 15.3. The van der Waals surface area contributed by atoms with Gasteiger partial charge in [-0.15, -0.1) is 5.10 Å². The standard InChI is InChI=1S/C14H12.C5H4N4/c1-3-7-13(8-4-1)11-12-14-9-5-2-6-10-14;1-2-6-5-3-7-9-8-4(1)5/h1-12H;1-3H,(H,7,8). The molecule has 0 radical (unpaired) electrons. The molecule has 0 saturated heterocycles. The fraction of sp³-hybridized carbons (Fsp3) is 0. The monoisotopic (exact) mass is 300 g/mol. The number of hydrogen-bond acceptors (Lipinski definition) is 3. The zero-order chi connectivity index (χ0) is 15.7. The zero-order valence-electron chi connectivity index (χ0n) is 12.5. The van der Waals surface area contributed by atoms with E-state index in [1.54, 1.807) is 12.4 Å². The second-order valence-electron chi connectivity index (χ2n) is 4.85. The normalized spacial score (nSPS) is 10.4. The maximum absolute atomic E-state index is 3.98. The number of nitrogens with zero attached hydrogens (tertiary/aromatic N) is 3. The summed E-state index contributed by atoms with van der Waals surface area (Å²) in [5, 5.41) is 9.89. The van der Waals surface area contributed by atoms with Gasteiger partial charge in [0.05, 0.1) is 11.9 Å². The van der Waals surface area contributed by atoms with Crippen LogP contribution < -0.4 is 0 Å². The number of hydrogen-bond donors (Lipinski definition) is 1. The number of H-pyrrole nitrogens is 1. The lowest BCUT2D eigenvalue weighted by molar-refractivity contribution is 0.867. The van der Waals surface area contributed by atoms with Crippen LogP contribution in [0, 0.1) is 0 Å². The molecule has 0 spiro atoms. The first kappa shape index (κ1) is 14.7. The van der Waals surface area contributed by atoms with Crippen LogP contribution in [0.3, 0.4) is 0 Å². The molecule has 2 aromatic carbocycles. The third-order valence-corrected chi connectivity index (χ3v) is 3.21. The molecule has 0 unspecified atom stereocenters. The van der Waals surface area contributed by atoms with Crippen LogP contribution in [0.1, 0.15) is 11.1 Å². The number of benzene rings is 2. The average Bonchev–Trinajstić information content (AvgIpc) is 3.11. The smallest absolute Gasteiger partial charge is 0.108 e. The highest BCUT2D eigenvalue weighted by Crippen LogP contribution is 2.11. The summed E-state index contributed by atoms with van der Waals surface area (Å²) in [7, 11) is 0. The molecule has 4 heteroatoms. The summed E-state index contributed by atoms with van der Waals surface area (Å²) >= 11 is 0. The third kappa shape index (κ3) is 4.35. The summed E-state index contributed by atoms with van der Waals surface area (Å²) in [5.41, 5.74) is 4.24. The minimum Gasteiger partial charge on any atom is -0.258 e. The van der Waals surface area contributed by atoms with Crippen LogP contribution in [0.2, 0.25) is 0 Å². The molecule has 2 aliphatic heterocycles. The van der Waals surface area contributed by atoms with Gasteiger partial charge < -0.3 is 0 Å². The predicted octanol–water partition coefficient (Wildman–Crippen LogP) is 4.16. The number of fused-ring (bicyclic) bond motifs is 1. The Kier molecular flexibility index (Phi) is 4.88. The van der Waals surface area contributed by atoms with E-state index in [1.807, 2.05) is 42.5 Å². The van der Waals surface area contributed by atoms with Crippen LogP contribution in [0.25, 0.3) is 23.5 Å². The molecule has 23 heavy (non-hydrogen) atoms. The number of nitrogens with one attached hydrogen (secondary N) is 1. The van der Waals surface area contributed by atoms with Crippen LogP contribution >= 0.6 is 0 Å². The predicted molar refractivity (Wildman–Crippen MR) is 92.6 cm³/mol. The van der Waals surface area contributed by atoms with Crippen molar-refractivity contribution >= 4 is 12.2 Å². The lowest BCUT2D eigenvalue weighted by atomic mass is 10.1. The molecule has 2 aromatic rings. The van der Waals surface area contributed by atoms with Gasteiger partial charge in [0.2, 0.25) is 0 Å². The molecule has 0 bridgehead atoms. The van der Waals surface area contributed by atoms with E-state index in [0.717, 1.165) is 11.4 Å². The fourth-order valence-corrected chi connectivity index (χ4v) is 2.03. The van der Waals surface area contributed by atoms with Crippen molar-refractivity contribution < 1.29 is 0 Å². The Morgan fingerprint density at radius 2 is 1.35 bits per heavy atom. The summed E-state index contributed by atoms with van der Waals surface area (Å²) in [4.78, 5) is 3.98. The molecule has 1 N–H and O–H groups in total. The second kappa shape index (κ2) is 7.66. The quantitative estimate of drug-likeness (QED) is 0.565. The lowest BCUT2D eigenvalue weighted by Gasteiger charge is -1.92. The van der Waals surface area contributed by atoms with Crippen molar-refractivity contribution in [3.8, 4) is 11.4 Å². The Balaban J connectivity index is 0.000000149. The zero-order valence-corrected chi connectivity index (χ0v) is 12.5. The molecule has 2 aliphatic rings. The van der Waals surface area contributed by atoms with Crippen LogP contribution in [0.4, 0.5) is 0 Å². The minimum absolute atomic E-state index is 0.852. The molecule has 0 aromatic heterocycles. The Morgan fingerprint density at radius 3 is 1.91 bits per heavy atom.